The molecular formula is C32H32N6O5S. The summed E-state index contributed by atoms with van der Waals surface area (Å²) in [4.78, 5) is 39.0. The Morgan fingerprint density at radius 2 is 1.73 bits per heavy atom. The van der Waals surface area contributed by atoms with E-state index in [4.69, 9.17) is 4.74 Å². The number of aryl methyl sites for hydroxylation is 2. The number of hydrogen-bond acceptors (Lipinski definition) is 7. The molecule has 0 unspecified atom stereocenters. The fraction of sp³-hybridized carbons (Fsp3) is 0.250. The molecule has 1 saturated heterocycles. The Bertz CT molecular complexity index is 1810. The Labute approximate surface area is 255 Å². The lowest BCUT2D eigenvalue weighted by atomic mass is 10.00. The van der Waals surface area contributed by atoms with E-state index in [0.717, 1.165) is 22.3 Å². The molecule has 3 heterocycles. The van der Waals surface area contributed by atoms with E-state index in [1.165, 1.54) is 18.2 Å². The number of ether oxygens (including phenoxy) is 1. The van der Waals surface area contributed by atoms with Gasteiger partial charge >= 0.3 is 6.03 Å². The van der Waals surface area contributed by atoms with Crippen LogP contribution in [0.3, 0.4) is 0 Å². The van der Waals surface area contributed by atoms with E-state index in [9.17, 15) is 18.0 Å². The number of aromatic nitrogens is 2. The topological polar surface area (TPSA) is 134 Å². The first-order valence-corrected chi connectivity index (χ1v) is 15.8. The van der Waals surface area contributed by atoms with E-state index in [1.807, 2.05) is 62.4 Å². The lowest BCUT2D eigenvalue weighted by molar-refractivity contribution is 0.0396. The highest BCUT2D eigenvalue weighted by atomic mass is 32.2. The predicted octanol–water partition coefficient (Wildman–Crippen LogP) is 3.99. The number of carbonyl (C=O) groups is 2. The van der Waals surface area contributed by atoms with Crippen LogP contribution in [0.1, 0.15) is 27.0 Å². The molecule has 44 heavy (non-hydrogen) atoms. The van der Waals surface area contributed by atoms with Gasteiger partial charge in [0.05, 0.1) is 16.6 Å². The molecule has 6 rings (SSSR count). The van der Waals surface area contributed by atoms with Crippen LogP contribution in [0.4, 0.5) is 10.7 Å². The highest BCUT2D eigenvalue weighted by Crippen LogP contribution is 2.30. The van der Waals surface area contributed by atoms with E-state index >= 15 is 0 Å². The van der Waals surface area contributed by atoms with Crippen LogP contribution in [-0.2, 0) is 16.6 Å². The van der Waals surface area contributed by atoms with Gasteiger partial charge in [-0.2, -0.15) is 4.98 Å². The number of carbonyl (C=O) groups excluding carboxylic acids is 2. The fourth-order valence-electron chi connectivity index (χ4n) is 5.55. The van der Waals surface area contributed by atoms with Crippen molar-refractivity contribution in [1.29, 1.82) is 0 Å². The van der Waals surface area contributed by atoms with E-state index in [1.54, 1.807) is 21.9 Å². The van der Waals surface area contributed by atoms with Gasteiger partial charge in [0.25, 0.3) is 15.9 Å². The minimum absolute atomic E-state index is 0.0172. The summed E-state index contributed by atoms with van der Waals surface area (Å²) in [5, 5.41) is 2.95. The molecule has 1 atom stereocenters. The number of fused-ring (bicyclic) bond motifs is 5. The second-order valence-corrected chi connectivity index (χ2v) is 12.6. The third-order valence-corrected chi connectivity index (χ3v) is 9.12. The third-order valence-electron chi connectivity index (χ3n) is 7.80. The number of sulfonamides is 1. The van der Waals surface area contributed by atoms with Crippen LogP contribution in [0, 0.1) is 13.8 Å². The van der Waals surface area contributed by atoms with Crippen LogP contribution < -0.4 is 14.8 Å². The zero-order valence-corrected chi connectivity index (χ0v) is 25.2. The van der Waals surface area contributed by atoms with Crippen LogP contribution in [0.2, 0.25) is 0 Å². The van der Waals surface area contributed by atoms with Crippen molar-refractivity contribution in [2.45, 2.75) is 31.3 Å². The molecule has 0 radical (unpaired) electrons. The average molecular weight is 613 g/mol. The zero-order valence-electron chi connectivity index (χ0n) is 24.4. The van der Waals surface area contributed by atoms with Crippen molar-refractivity contribution in [1.82, 2.24) is 25.1 Å². The molecule has 3 amide bonds. The van der Waals surface area contributed by atoms with Crippen molar-refractivity contribution in [3.63, 3.8) is 0 Å². The number of piperazine rings is 1. The van der Waals surface area contributed by atoms with Crippen molar-refractivity contribution < 1.29 is 22.7 Å². The van der Waals surface area contributed by atoms with Gasteiger partial charge in [-0.05, 0) is 48.7 Å². The van der Waals surface area contributed by atoms with Gasteiger partial charge in [-0.25, -0.2) is 22.9 Å². The highest BCUT2D eigenvalue weighted by Gasteiger charge is 2.34. The summed E-state index contributed by atoms with van der Waals surface area (Å²) in [5.41, 5.74) is 4.42. The van der Waals surface area contributed by atoms with Crippen LogP contribution in [0.25, 0.3) is 11.3 Å². The number of hydrogen-bond donors (Lipinski definition) is 2. The van der Waals surface area contributed by atoms with E-state index in [-0.39, 0.29) is 53.9 Å². The number of rotatable bonds is 3. The van der Waals surface area contributed by atoms with E-state index < -0.39 is 16.1 Å². The molecule has 1 fully saturated rings. The van der Waals surface area contributed by atoms with Crippen molar-refractivity contribution in [2.24, 2.45) is 0 Å². The molecule has 2 aliphatic heterocycles. The Balaban J connectivity index is 1.35. The Morgan fingerprint density at radius 1 is 0.977 bits per heavy atom. The smallest absolute Gasteiger partial charge is 0.317 e. The van der Waals surface area contributed by atoms with E-state index in [0.29, 0.717) is 18.8 Å². The molecule has 3 aromatic carbocycles. The summed E-state index contributed by atoms with van der Waals surface area (Å²) in [6, 6.07) is 22.2. The summed E-state index contributed by atoms with van der Waals surface area (Å²) in [6.45, 7) is 5.05. The first-order chi connectivity index (χ1) is 21.2. The molecule has 4 bridgehead atoms. The standard InChI is InChI=1S/C32H32N6O5S/c1-21-8-6-9-22(2)29(21)27-17-28-35-31(34-27)36-44(41,42)26-13-7-12-24(16-26)30(39)38-15-14-37(19-25(38)20-43-28)32(40)33-18-23-10-4-3-5-11-23/h3-13,16-17,25H,14-15,18-20H2,1-2H3,(H,33,40)(H,34,35,36)/t25-/m1/s1. The Kier molecular flexibility index (Phi) is 7.92. The third kappa shape index (κ3) is 6.06. The van der Waals surface area contributed by atoms with Gasteiger partial charge in [0.1, 0.15) is 6.61 Å². The van der Waals surface area contributed by atoms with Crippen molar-refractivity contribution >= 4 is 27.9 Å². The molecule has 0 saturated carbocycles. The molecule has 2 N–H and O–H groups in total. The van der Waals surface area contributed by atoms with Gasteiger partial charge in [0.15, 0.2) is 0 Å². The first kappa shape index (κ1) is 29.1. The van der Waals surface area contributed by atoms with Gasteiger partial charge in [-0.1, -0.05) is 54.6 Å². The molecule has 2 aliphatic rings. The van der Waals surface area contributed by atoms with Crippen LogP contribution in [0.15, 0.2) is 83.8 Å². The number of benzene rings is 3. The Morgan fingerprint density at radius 3 is 2.50 bits per heavy atom. The molecular weight excluding hydrogens is 580 g/mol. The van der Waals surface area contributed by atoms with Gasteiger partial charge in [0, 0.05) is 43.4 Å². The van der Waals surface area contributed by atoms with Crippen LogP contribution in [0.5, 0.6) is 5.88 Å². The number of nitrogens with one attached hydrogen (secondary N) is 2. The number of amides is 3. The minimum Gasteiger partial charge on any atom is -0.475 e. The van der Waals surface area contributed by atoms with Crippen molar-refractivity contribution in [2.75, 3.05) is 31.0 Å². The molecule has 0 aliphatic carbocycles. The SMILES string of the molecule is Cc1cccc(C)c1-c1cc2nc(n1)NS(=O)(=O)c1cccc(c1)C(=O)N1CCN(C(=O)NCc3ccccc3)C[C@@H]1CO2. The molecule has 226 valence electrons. The minimum atomic E-state index is -4.14. The van der Waals surface area contributed by atoms with Gasteiger partial charge < -0.3 is 19.9 Å². The average Bonchev–Trinajstić information content (AvgIpc) is 3.02. The lowest BCUT2D eigenvalue weighted by Crippen LogP contribution is -2.59. The maximum Gasteiger partial charge on any atom is 0.317 e. The van der Waals surface area contributed by atoms with Crippen molar-refractivity contribution in [3.8, 4) is 17.1 Å². The summed E-state index contributed by atoms with van der Waals surface area (Å²) < 4.78 is 35.5. The van der Waals surface area contributed by atoms with Crippen LogP contribution >= 0.6 is 0 Å². The summed E-state index contributed by atoms with van der Waals surface area (Å²) in [7, 11) is -4.14. The number of urea groups is 1. The zero-order chi connectivity index (χ0) is 30.8. The van der Waals surface area contributed by atoms with Gasteiger partial charge in [0.2, 0.25) is 11.8 Å². The summed E-state index contributed by atoms with van der Waals surface area (Å²) in [6.07, 6.45) is 0. The summed E-state index contributed by atoms with van der Waals surface area (Å²) in [5.74, 6) is -0.369. The van der Waals surface area contributed by atoms with Crippen molar-refractivity contribution in [3.05, 3.63) is 101 Å². The quantitative estimate of drug-likeness (QED) is 0.357. The van der Waals surface area contributed by atoms with E-state index in [2.05, 4.69) is 20.0 Å². The van der Waals surface area contributed by atoms with Gasteiger partial charge in [-0.15, -0.1) is 0 Å². The first-order valence-electron chi connectivity index (χ1n) is 14.3. The predicted molar refractivity (Wildman–Crippen MR) is 165 cm³/mol. The molecule has 0 spiro atoms. The maximum absolute atomic E-state index is 13.8. The number of nitrogens with zero attached hydrogens (tertiary/aromatic N) is 4. The monoisotopic (exact) mass is 612 g/mol. The Hall–Kier alpha value is -4.97. The highest BCUT2D eigenvalue weighted by molar-refractivity contribution is 7.92. The molecule has 4 aromatic rings. The normalized spacial score (nSPS) is 17.6. The van der Waals surface area contributed by atoms with Gasteiger partial charge in [-0.3, -0.25) is 4.79 Å². The molecule has 1 aromatic heterocycles. The lowest BCUT2D eigenvalue weighted by Gasteiger charge is -2.41. The molecule has 11 nitrogen and oxygen atoms in total. The second-order valence-electron chi connectivity index (χ2n) is 10.9. The summed E-state index contributed by atoms with van der Waals surface area (Å²) >= 11 is 0. The largest absolute Gasteiger partial charge is 0.475 e. The second kappa shape index (κ2) is 12.0. The molecule has 12 heteroatoms. The maximum atomic E-state index is 13.8. The number of anilines is 1. The van der Waals surface area contributed by atoms with Crippen LogP contribution in [-0.4, -0.2) is 72.4 Å². The fourth-order valence-corrected chi connectivity index (χ4v) is 6.54.